The predicted octanol–water partition coefficient (Wildman–Crippen LogP) is 0.420. The molecule has 3 N–H and O–H groups in total. The molecule has 3 rings (SSSR count). The number of nitrogens with one attached hydrogen (secondary N) is 2. The summed E-state index contributed by atoms with van der Waals surface area (Å²) in [4.78, 5) is 33.5. The third-order valence-electron chi connectivity index (χ3n) is 2.83. The third kappa shape index (κ3) is 2.41. The van der Waals surface area contributed by atoms with Gasteiger partial charge in [-0.2, -0.15) is 5.10 Å². The van der Waals surface area contributed by atoms with Gasteiger partial charge in [-0.05, 0) is 12.1 Å². The van der Waals surface area contributed by atoms with Crippen LogP contribution in [0.5, 0.6) is 0 Å². The van der Waals surface area contributed by atoms with Gasteiger partial charge in [-0.1, -0.05) is 0 Å². The van der Waals surface area contributed by atoms with Crippen molar-refractivity contribution in [3.05, 3.63) is 53.4 Å². The molecule has 2 aromatic heterocycles. The van der Waals surface area contributed by atoms with Crippen LogP contribution in [0, 0.1) is 0 Å². The molecule has 2 aromatic rings. The summed E-state index contributed by atoms with van der Waals surface area (Å²) in [5.41, 5.74) is 4.04. The Hall–Kier alpha value is -3.29. The second-order valence-electron chi connectivity index (χ2n) is 4.20. The number of carboxylic acid groups (broad SMARTS) is 1. The van der Waals surface area contributed by atoms with Crippen LogP contribution in [0.15, 0.2) is 41.5 Å². The van der Waals surface area contributed by atoms with Crippen LogP contribution in [0.25, 0.3) is 6.08 Å². The van der Waals surface area contributed by atoms with E-state index in [0.29, 0.717) is 17.1 Å². The number of H-pyrrole nitrogens is 1. The number of aromatic nitrogens is 3. The Morgan fingerprint density at radius 1 is 1.33 bits per heavy atom. The van der Waals surface area contributed by atoms with E-state index >= 15 is 0 Å². The van der Waals surface area contributed by atoms with E-state index in [2.05, 4.69) is 25.5 Å². The number of rotatable bonds is 3. The van der Waals surface area contributed by atoms with E-state index in [-0.39, 0.29) is 17.0 Å². The topological polar surface area (TPSA) is 120 Å². The number of hydrogen-bond donors (Lipinski definition) is 3. The second kappa shape index (κ2) is 5.00. The standard InChI is InChI=1S/C13H9N5O3/c19-12-9(4-8-3-7(5-16-8)13(20)21)11(17-18-12)10-6-14-1-2-15-10/h1-6,16H,(H,18,19)(H,20,21). The highest BCUT2D eigenvalue weighted by molar-refractivity contribution is 6.32. The predicted molar refractivity (Wildman–Crippen MR) is 72.4 cm³/mol. The number of aromatic amines is 1. The number of carbonyl (C=O) groups is 2. The molecular weight excluding hydrogens is 274 g/mol. The van der Waals surface area contributed by atoms with Gasteiger partial charge < -0.3 is 10.1 Å². The van der Waals surface area contributed by atoms with E-state index in [9.17, 15) is 9.59 Å². The van der Waals surface area contributed by atoms with Gasteiger partial charge in [-0.25, -0.2) is 10.2 Å². The van der Waals surface area contributed by atoms with Gasteiger partial charge in [0.05, 0.1) is 17.3 Å². The second-order valence-corrected chi connectivity index (χ2v) is 4.20. The monoisotopic (exact) mass is 283 g/mol. The number of amides is 1. The first kappa shape index (κ1) is 12.7. The Labute approximate surface area is 118 Å². The smallest absolute Gasteiger partial charge is 0.337 e. The number of nitrogens with zero attached hydrogens (tertiary/aromatic N) is 3. The molecule has 0 unspecified atom stereocenters. The molecule has 0 radical (unpaired) electrons. The third-order valence-corrected chi connectivity index (χ3v) is 2.83. The van der Waals surface area contributed by atoms with Crippen LogP contribution in [0.3, 0.4) is 0 Å². The summed E-state index contributed by atoms with van der Waals surface area (Å²) in [5, 5.41) is 12.8. The van der Waals surface area contributed by atoms with E-state index < -0.39 is 5.97 Å². The summed E-state index contributed by atoms with van der Waals surface area (Å²) in [5.74, 6) is -1.43. The van der Waals surface area contributed by atoms with Crippen molar-refractivity contribution in [2.45, 2.75) is 0 Å². The highest BCUT2D eigenvalue weighted by atomic mass is 16.4. The molecular formula is C13H9N5O3. The lowest BCUT2D eigenvalue weighted by atomic mass is 10.1. The molecule has 1 aliphatic rings. The number of aromatic carboxylic acids is 1. The van der Waals surface area contributed by atoms with E-state index in [1.165, 1.54) is 36.9 Å². The fourth-order valence-corrected chi connectivity index (χ4v) is 1.86. The maximum absolute atomic E-state index is 11.8. The van der Waals surface area contributed by atoms with Crippen LogP contribution in [-0.2, 0) is 4.79 Å². The average molecular weight is 283 g/mol. The van der Waals surface area contributed by atoms with Gasteiger partial charge in [-0.15, -0.1) is 0 Å². The molecule has 104 valence electrons. The van der Waals surface area contributed by atoms with Crippen LogP contribution in [0.2, 0.25) is 0 Å². The number of carbonyl (C=O) groups excluding carboxylic acids is 1. The van der Waals surface area contributed by atoms with Crippen molar-refractivity contribution in [3.63, 3.8) is 0 Å². The highest BCUT2D eigenvalue weighted by Crippen LogP contribution is 2.16. The number of carboxylic acids is 1. The molecule has 3 heterocycles. The zero-order chi connectivity index (χ0) is 14.8. The lowest BCUT2D eigenvalue weighted by molar-refractivity contribution is -0.116. The van der Waals surface area contributed by atoms with Gasteiger partial charge in [0, 0.05) is 24.3 Å². The first-order chi connectivity index (χ1) is 10.1. The van der Waals surface area contributed by atoms with Gasteiger partial charge >= 0.3 is 5.97 Å². The highest BCUT2D eigenvalue weighted by Gasteiger charge is 2.25. The average Bonchev–Trinajstić information content (AvgIpc) is 3.09. The number of hydrogen-bond acceptors (Lipinski definition) is 5. The maximum atomic E-state index is 11.8. The molecule has 21 heavy (non-hydrogen) atoms. The van der Waals surface area contributed by atoms with E-state index in [0.717, 1.165) is 0 Å². The fraction of sp³-hybridized carbons (Fsp3) is 0. The van der Waals surface area contributed by atoms with Crippen molar-refractivity contribution in [2.24, 2.45) is 5.10 Å². The summed E-state index contributed by atoms with van der Waals surface area (Å²) >= 11 is 0. The Morgan fingerprint density at radius 3 is 2.86 bits per heavy atom. The Morgan fingerprint density at radius 2 is 2.19 bits per heavy atom. The van der Waals surface area contributed by atoms with Crippen molar-refractivity contribution in [2.75, 3.05) is 0 Å². The molecule has 1 aliphatic heterocycles. The van der Waals surface area contributed by atoms with Crippen molar-refractivity contribution >= 4 is 23.7 Å². The molecule has 8 nitrogen and oxygen atoms in total. The minimum atomic E-state index is -1.05. The lowest BCUT2D eigenvalue weighted by Crippen LogP contribution is -2.14. The van der Waals surface area contributed by atoms with Crippen molar-refractivity contribution < 1.29 is 14.7 Å². The Balaban J connectivity index is 1.98. The largest absolute Gasteiger partial charge is 0.478 e. The Kier molecular flexibility index (Phi) is 3.03. The van der Waals surface area contributed by atoms with Crippen LogP contribution >= 0.6 is 0 Å². The lowest BCUT2D eigenvalue weighted by Gasteiger charge is -1.99. The minimum absolute atomic E-state index is 0.109. The zero-order valence-corrected chi connectivity index (χ0v) is 10.6. The molecule has 8 heteroatoms. The summed E-state index contributed by atoms with van der Waals surface area (Å²) in [6.45, 7) is 0. The quantitative estimate of drug-likeness (QED) is 0.705. The van der Waals surface area contributed by atoms with Crippen LogP contribution in [0.4, 0.5) is 0 Å². The SMILES string of the molecule is O=C1NN=C(c2cnccn2)C1=Cc1cc(C(=O)O)c[nH]1. The molecule has 0 saturated heterocycles. The molecule has 0 bridgehead atoms. The fourth-order valence-electron chi connectivity index (χ4n) is 1.86. The zero-order valence-electron chi connectivity index (χ0n) is 10.6. The summed E-state index contributed by atoms with van der Waals surface area (Å²) < 4.78 is 0. The Bertz CT molecular complexity index is 776. The number of hydrazone groups is 1. The van der Waals surface area contributed by atoms with Crippen molar-refractivity contribution in [1.82, 2.24) is 20.4 Å². The van der Waals surface area contributed by atoms with Crippen LogP contribution in [0.1, 0.15) is 21.7 Å². The van der Waals surface area contributed by atoms with Gasteiger partial charge in [0.25, 0.3) is 5.91 Å². The summed E-state index contributed by atoms with van der Waals surface area (Å²) in [6.07, 6.45) is 7.37. The van der Waals surface area contributed by atoms with Crippen molar-refractivity contribution in [1.29, 1.82) is 0 Å². The van der Waals surface area contributed by atoms with E-state index in [1.54, 1.807) is 0 Å². The summed E-state index contributed by atoms with van der Waals surface area (Å²) in [7, 11) is 0. The molecule has 0 aliphatic carbocycles. The van der Waals surface area contributed by atoms with E-state index in [1.807, 2.05) is 0 Å². The van der Waals surface area contributed by atoms with Crippen molar-refractivity contribution in [3.8, 4) is 0 Å². The summed E-state index contributed by atoms with van der Waals surface area (Å²) in [6, 6.07) is 1.43. The normalized spacial score (nSPS) is 15.9. The molecule has 1 amide bonds. The molecule has 0 fully saturated rings. The molecule has 0 atom stereocenters. The maximum Gasteiger partial charge on any atom is 0.337 e. The first-order valence-electron chi connectivity index (χ1n) is 5.93. The van der Waals surface area contributed by atoms with Gasteiger partial charge in [0.2, 0.25) is 0 Å². The molecule has 0 aromatic carbocycles. The molecule has 0 spiro atoms. The van der Waals surface area contributed by atoms with Crippen LogP contribution < -0.4 is 5.43 Å². The first-order valence-corrected chi connectivity index (χ1v) is 5.93. The molecule has 0 saturated carbocycles. The minimum Gasteiger partial charge on any atom is -0.478 e. The van der Waals surface area contributed by atoms with Gasteiger partial charge in [0.15, 0.2) is 0 Å². The van der Waals surface area contributed by atoms with Gasteiger partial charge in [-0.3, -0.25) is 14.8 Å². The van der Waals surface area contributed by atoms with Crippen LogP contribution in [-0.4, -0.2) is 37.6 Å². The van der Waals surface area contributed by atoms with Gasteiger partial charge in [0.1, 0.15) is 11.4 Å². The van der Waals surface area contributed by atoms with E-state index in [4.69, 9.17) is 5.11 Å².